The Hall–Kier alpha value is -9.82. The van der Waals surface area contributed by atoms with Gasteiger partial charge in [-0.2, -0.15) is 0 Å². The largest absolute Gasteiger partial charge is 0.291 e. The highest BCUT2D eigenvalue weighted by Gasteiger charge is 2.36. The summed E-state index contributed by atoms with van der Waals surface area (Å²) in [7, 11) is 0. The van der Waals surface area contributed by atoms with E-state index in [1.807, 2.05) is 64.1 Å². The van der Waals surface area contributed by atoms with Crippen LogP contribution in [0.2, 0.25) is 25.1 Å². The van der Waals surface area contributed by atoms with E-state index in [2.05, 4.69) is 87.7 Å². The van der Waals surface area contributed by atoms with Gasteiger partial charge in [0.15, 0.2) is 20.6 Å². The van der Waals surface area contributed by atoms with Crippen LogP contribution in [0.5, 0.6) is 0 Å². The van der Waals surface area contributed by atoms with Crippen LogP contribution in [0.15, 0.2) is 274 Å². The summed E-state index contributed by atoms with van der Waals surface area (Å²) in [5, 5.41) is 6.47. The molecule has 11 aromatic carbocycles. The van der Waals surface area contributed by atoms with Crippen LogP contribution in [0.25, 0.3) is 22.7 Å². The summed E-state index contributed by atoms with van der Waals surface area (Å²) in [6, 6.07) is 70.0. The summed E-state index contributed by atoms with van der Waals surface area (Å²) in [6.45, 7) is 8.05. The highest BCUT2D eigenvalue weighted by Crippen LogP contribution is 2.49. The number of imidazole rings is 4. The molecule has 0 fully saturated rings. The van der Waals surface area contributed by atoms with Crippen molar-refractivity contribution in [1.29, 1.82) is 0 Å². The maximum Gasteiger partial charge on any atom is 0.173 e. The molecule has 5 aromatic heterocycles. The summed E-state index contributed by atoms with van der Waals surface area (Å²) >= 11 is 40.8. The number of nitrogens with zero attached hydrogens (tertiary/aromatic N) is 9. The van der Waals surface area contributed by atoms with Gasteiger partial charge in [-0.25, -0.2) is 55.1 Å². The lowest BCUT2D eigenvalue weighted by atomic mass is 9.83. The lowest BCUT2D eigenvalue weighted by molar-refractivity contribution is 0.586. The number of aromatic nitrogens is 9. The fraction of sp³-hybridized carbons (Fsp3) is 0.224. The van der Waals surface area contributed by atoms with Crippen molar-refractivity contribution in [2.45, 2.75) is 172 Å². The van der Waals surface area contributed by atoms with Crippen LogP contribution >= 0.6 is 121 Å². The number of halogens is 14. The summed E-state index contributed by atoms with van der Waals surface area (Å²) < 4.78 is 121. The lowest BCUT2D eigenvalue weighted by Gasteiger charge is -2.25. The third kappa shape index (κ3) is 21.6. The van der Waals surface area contributed by atoms with Crippen LogP contribution in [0.4, 0.5) is 35.1 Å². The topological polar surface area (TPSA) is 84.2 Å². The van der Waals surface area contributed by atoms with Crippen molar-refractivity contribution in [2.24, 2.45) is 0 Å². The molecule has 4 aliphatic carbocycles. The highest BCUT2D eigenvalue weighted by atomic mass is 79.9. The van der Waals surface area contributed by atoms with Crippen molar-refractivity contribution in [3.8, 4) is 22.7 Å². The Labute approximate surface area is 824 Å². The smallest absolute Gasteiger partial charge is 0.173 e. The Bertz CT molecular complexity index is 6510. The monoisotopic (exact) mass is 2030 g/mol. The third-order valence-electron chi connectivity index (χ3n) is 24.8. The maximum absolute atomic E-state index is 14.5. The predicted molar refractivity (Wildman–Crippen MR) is 532 cm³/mol. The number of benzene rings is 11. The molecule has 0 radical (unpaired) electrons. The molecule has 0 saturated heterocycles. The SMILES string of the molecule is Cc1cc(C2CCCc3nc(SCc4c(F)cccc4Br)n(-c4ccc(F)cc4)c32)ccc1Cl.Cc1cc(C2CCCc3nc(SCc4c(F)cccc4Cl)n(-c4ccc(F)cc4)c32)ccc1Cl.Cc1cc(C2CCCc3nc(SCc4ccccc4F)n(-c4ccc(F)cc4)c32)ccc1Cl.Cc1cc(C2CCCc3nc(SCc4ncccc4F)n(-c4ccc(F)cc4)c32)ccc1Cl. The molecule has 0 bridgehead atoms. The standard InChI is InChI=1S/C27H22BrClF2N2S.C27H22Cl2F2N2S.C27H23ClF2N2S.C26H22ClF2N3S/c1-16-14-17(8-13-23(16)29)20-4-2-7-25-26(20)33(19-11-9-18(30)10-12-19)27(32-25)34-15-21-22(28)5-3-6-24(21)31;1-16-14-17(8-13-22(16)28)20-4-2-7-25-26(20)33(19-11-9-18(30)10-12-19)27(32-25)34-15-21-23(29)5-3-6-24(21)31;1-17-15-18(9-14-23(17)28)22-6-4-8-25-26(22)32(21-12-10-20(29)11-13-21)27(31-25)33-16-19-5-2-3-7-24(19)30;1-16-14-17(7-12-21(16)27)20-4-2-6-23-25(20)32(19-10-8-18(28)9-11-19)26(31-23)33-15-24-22(29)5-3-13-30-24/h2*3,5-6,8-14,20H,2,4,7,15H2,1H3;2-3,5,7,9-15,22H,4,6,8,16H2,1H3;3,5,7-14,20H,2,4,6,15H2,1H3. The molecule has 4 unspecified atom stereocenters. The Morgan fingerprint density at radius 1 is 0.313 bits per heavy atom. The molecule has 684 valence electrons. The van der Waals surface area contributed by atoms with Crippen LogP contribution in [0, 0.1) is 74.2 Å². The average Bonchev–Trinajstić information content (AvgIpc) is 1.61. The second kappa shape index (κ2) is 43.3. The minimum Gasteiger partial charge on any atom is -0.291 e. The molecule has 0 spiro atoms. The van der Waals surface area contributed by atoms with Gasteiger partial charge in [0.05, 0.1) is 51.2 Å². The fourth-order valence-electron chi connectivity index (χ4n) is 18.0. The van der Waals surface area contributed by atoms with Crippen molar-refractivity contribution in [1.82, 2.24) is 43.2 Å². The second-order valence-electron chi connectivity index (χ2n) is 33.5. The molecule has 134 heavy (non-hydrogen) atoms. The van der Waals surface area contributed by atoms with E-state index in [1.54, 1.807) is 91.1 Å². The Morgan fingerprint density at radius 2 is 0.619 bits per heavy atom. The molecule has 0 amide bonds. The second-order valence-corrected chi connectivity index (χ2v) is 40.2. The quantitative estimate of drug-likeness (QED) is 0.0547. The molecule has 27 heteroatoms. The average molecular weight is 2040 g/mol. The summed E-state index contributed by atoms with van der Waals surface area (Å²) in [5.41, 5.74) is 23.0. The molecule has 16 aromatic rings. The number of pyridine rings is 1. The van der Waals surface area contributed by atoms with Gasteiger partial charge in [0, 0.05) is 116 Å². The molecular formula is C107H89BrCl5F8N9S4. The number of fused-ring (bicyclic) bond motifs is 4. The van der Waals surface area contributed by atoms with Crippen LogP contribution in [-0.4, -0.2) is 43.2 Å². The number of aryl methyl sites for hydroxylation is 8. The lowest BCUT2D eigenvalue weighted by Crippen LogP contribution is -2.15. The van der Waals surface area contributed by atoms with Crippen LogP contribution < -0.4 is 0 Å². The van der Waals surface area contributed by atoms with E-state index in [4.69, 9.17) is 77.9 Å². The van der Waals surface area contributed by atoms with Gasteiger partial charge in [-0.1, -0.05) is 200 Å². The molecule has 0 saturated carbocycles. The van der Waals surface area contributed by atoms with E-state index in [0.29, 0.717) is 50.4 Å². The molecule has 9 nitrogen and oxygen atoms in total. The molecule has 0 aliphatic heterocycles. The number of hydrogen-bond acceptors (Lipinski definition) is 9. The van der Waals surface area contributed by atoms with Crippen molar-refractivity contribution < 1.29 is 35.1 Å². The van der Waals surface area contributed by atoms with Crippen molar-refractivity contribution in [3.05, 3.63) is 437 Å². The Morgan fingerprint density at radius 3 is 0.948 bits per heavy atom. The normalized spacial score (nSPS) is 15.4. The highest BCUT2D eigenvalue weighted by molar-refractivity contribution is 9.10. The van der Waals surface area contributed by atoms with Crippen LogP contribution in [-0.2, 0) is 48.7 Å². The molecule has 4 aliphatic rings. The van der Waals surface area contributed by atoms with E-state index in [0.717, 1.165) is 213 Å². The Balaban J connectivity index is 0.000000124. The van der Waals surface area contributed by atoms with Gasteiger partial charge in [0.2, 0.25) is 0 Å². The summed E-state index contributed by atoms with van der Waals surface area (Å²) in [6.07, 6.45) is 13.2. The molecule has 4 atom stereocenters. The molecule has 5 heterocycles. The van der Waals surface area contributed by atoms with Crippen molar-refractivity contribution in [2.75, 3.05) is 0 Å². The van der Waals surface area contributed by atoms with E-state index in [9.17, 15) is 35.1 Å². The van der Waals surface area contributed by atoms with Crippen molar-refractivity contribution >= 4 is 121 Å². The van der Waals surface area contributed by atoms with Crippen LogP contribution in [0.1, 0.15) is 187 Å². The maximum atomic E-state index is 14.5. The first-order valence-corrected chi connectivity index (χ1v) is 50.7. The van der Waals surface area contributed by atoms with Gasteiger partial charge in [0.1, 0.15) is 46.5 Å². The zero-order valence-corrected chi connectivity index (χ0v) is 81.9. The minimum absolute atomic E-state index is 0.128. The first kappa shape index (κ1) is 95.9. The van der Waals surface area contributed by atoms with E-state index in [-0.39, 0.29) is 70.2 Å². The third-order valence-corrected chi connectivity index (χ3v) is 31.4. The minimum atomic E-state index is -0.334. The Kier molecular flexibility index (Phi) is 31.0. The van der Waals surface area contributed by atoms with E-state index in [1.165, 1.54) is 142 Å². The zero-order chi connectivity index (χ0) is 93.5. The van der Waals surface area contributed by atoms with Gasteiger partial charge in [-0.3, -0.25) is 23.3 Å². The van der Waals surface area contributed by atoms with Gasteiger partial charge in [-0.05, 0) is 319 Å². The predicted octanol–water partition coefficient (Wildman–Crippen LogP) is 32.3. The van der Waals surface area contributed by atoms with Gasteiger partial charge >= 0.3 is 0 Å². The number of rotatable bonds is 20. The summed E-state index contributed by atoms with van der Waals surface area (Å²) in [5.74, 6) is -0.120. The summed E-state index contributed by atoms with van der Waals surface area (Å²) in [4.78, 5) is 24.1. The molecule has 0 N–H and O–H groups in total. The van der Waals surface area contributed by atoms with Gasteiger partial charge in [-0.15, -0.1) is 0 Å². The first-order valence-electron chi connectivity index (χ1n) is 44.1. The number of hydrogen-bond donors (Lipinski definition) is 0. The molecular weight excluding hydrogens is 1950 g/mol. The molecule has 20 rings (SSSR count). The van der Waals surface area contributed by atoms with Crippen molar-refractivity contribution in [3.63, 3.8) is 0 Å². The van der Waals surface area contributed by atoms with Gasteiger partial charge < -0.3 is 0 Å². The van der Waals surface area contributed by atoms with Gasteiger partial charge in [0.25, 0.3) is 0 Å². The fourth-order valence-corrected chi connectivity index (χ4v) is 23.6. The van der Waals surface area contributed by atoms with E-state index >= 15 is 0 Å². The zero-order valence-electron chi connectivity index (χ0n) is 73.2. The first-order chi connectivity index (χ1) is 64.9. The van der Waals surface area contributed by atoms with Crippen LogP contribution in [0.3, 0.4) is 0 Å². The van der Waals surface area contributed by atoms with E-state index < -0.39 is 0 Å². The number of thioether (sulfide) groups is 4.